The zero-order valence-corrected chi connectivity index (χ0v) is 6.81. The molecule has 0 bridgehead atoms. The highest BCUT2D eigenvalue weighted by molar-refractivity contribution is 5.53. The average molecular weight is 165 g/mol. The number of carbonyl (C=O) groups excluding carboxylic acids is 1. The number of nitrogens with zero attached hydrogens (tertiary/aromatic N) is 3. The van der Waals surface area contributed by atoms with Gasteiger partial charge in [0.1, 0.15) is 6.29 Å². The van der Waals surface area contributed by atoms with Gasteiger partial charge in [0.15, 0.2) is 0 Å². The van der Waals surface area contributed by atoms with Crippen molar-refractivity contribution in [2.45, 2.75) is 25.8 Å². The second kappa shape index (κ2) is 3.05. The summed E-state index contributed by atoms with van der Waals surface area (Å²) in [6.07, 6.45) is 5.70. The van der Waals surface area contributed by atoms with Crippen molar-refractivity contribution in [2.75, 3.05) is 0 Å². The SMILES string of the molecule is O=CCc1cn(CC2CC2)nn1. The van der Waals surface area contributed by atoms with Crippen LogP contribution in [0, 0.1) is 5.92 Å². The van der Waals surface area contributed by atoms with Crippen LogP contribution in [0.2, 0.25) is 0 Å². The maximum atomic E-state index is 10.1. The Kier molecular flexibility index (Phi) is 1.89. The summed E-state index contributed by atoms with van der Waals surface area (Å²) in [5.41, 5.74) is 0.769. The molecule has 1 saturated carbocycles. The number of aldehydes is 1. The van der Waals surface area contributed by atoms with Crippen molar-refractivity contribution in [3.63, 3.8) is 0 Å². The molecule has 12 heavy (non-hydrogen) atoms. The minimum atomic E-state index is 0.380. The van der Waals surface area contributed by atoms with Crippen LogP contribution in [-0.2, 0) is 17.8 Å². The van der Waals surface area contributed by atoms with Crippen LogP contribution in [0.25, 0.3) is 0 Å². The Morgan fingerprint density at radius 1 is 1.67 bits per heavy atom. The molecule has 1 aromatic rings. The number of aromatic nitrogens is 3. The highest BCUT2D eigenvalue weighted by Gasteiger charge is 2.22. The van der Waals surface area contributed by atoms with Gasteiger partial charge >= 0.3 is 0 Å². The van der Waals surface area contributed by atoms with Crippen molar-refractivity contribution in [3.8, 4) is 0 Å². The lowest BCUT2D eigenvalue weighted by atomic mass is 10.3. The topological polar surface area (TPSA) is 47.8 Å². The lowest BCUT2D eigenvalue weighted by Crippen LogP contribution is -1.99. The van der Waals surface area contributed by atoms with E-state index in [2.05, 4.69) is 10.3 Å². The summed E-state index contributed by atoms with van der Waals surface area (Å²) in [6.45, 7) is 0.964. The van der Waals surface area contributed by atoms with Crippen LogP contribution < -0.4 is 0 Å². The van der Waals surface area contributed by atoms with E-state index in [4.69, 9.17) is 0 Å². The predicted octanol–water partition coefficient (Wildman–Crippen LogP) is 0.429. The van der Waals surface area contributed by atoms with E-state index in [0.717, 1.165) is 24.4 Å². The number of rotatable bonds is 4. The van der Waals surface area contributed by atoms with Crippen molar-refractivity contribution in [1.29, 1.82) is 0 Å². The monoisotopic (exact) mass is 165 g/mol. The lowest BCUT2D eigenvalue weighted by Gasteiger charge is -1.93. The fourth-order valence-corrected chi connectivity index (χ4v) is 1.17. The van der Waals surface area contributed by atoms with E-state index in [9.17, 15) is 4.79 Å². The Bertz CT molecular complexity index is 278. The highest BCUT2D eigenvalue weighted by Crippen LogP contribution is 2.30. The van der Waals surface area contributed by atoms with Crippen LogP contribution in [-0.4, -0.2) is 21.3 Å². The van der Waals surface area contributed by atoms with Gasteiger partial charge in [-0.15, -0.1) is 5.10 Å². The van der Waals surface area contributed by atoms with Gasteiger partial charge in [-0.05, 0) is 18.8 Å². The number of hydrogen-bond acceptors (Lipinski definition) is 3. The second-order valence-electron chi connectivity index (χ2n) is 3.25. The summed E-state index contributed by atoms with van der Waals surface area (Å²) in [4.78, 5) is 10.1. The Morgan fingerprint density at radius 3 is 3.17 bits per heavy atom. The lowest BCUT2D eigenvalue weighted by molar-refractivity contribution is -0.107. The van der Waals surface area contributed by atoms with Crippen molar-refractivity contribution < 1.29 is 4.79 Å². The molecule has 2 rings (SSSR count). The van der Waals surface area contributed by atoms with Crippen molar-refractivity contribution in [1.82, 2.24) is 15.0 Å². The van der Waals surface area contributed by atoms with Gasteiger partial charge in [0, 0.05) is 19.2 Å². The van der Waals surface area contributed by atoms with Gasteiger partial charge in [0.05, 0.1) is 5.69 Å². The van der Waals surface area contributed by atoms with E-state index in [-0.39, 0.29) is 0 Å². The van der Waals surface area contributed by atoms with Crippen molar-refractivity contribution in [2.24, 2.45) is 5.92 Å². The van der Waals surface area contributed by atoms with Gasteiger partial charge in [-0.1, -0.05) is 5.21 Å². The van der Waals surface area contributed by atoms with Crippen molar-refractivity contribution in [3.05, 3.63) is 11.9 Å². The van der Waals surface area contributed by atoms with Gasteiger partial charge in [-0.25, -0.2) is 0 Å². The molecule has 4 heteroatoms. The predicted molar refractivity (Wildman–Crippen MR) is 42.5 cm³/mol. The van der Waals surface area contributed by atoms with Gasteiger partial charge in [-0.2, -0.15) is 0 Å². The first-order valence-corrected chi connectivity index (χ1v) is 4.21. The molecule has 0 amide bonds. The first-order valence-electron chi connectivity index (χ1n) is 4.21. The van der Waals surface area contributed by atoms with E-state index in [1.54, 1.807) is 0 Å². The molecule has 0 N–H and O–H groups in total. The molecule has 0 atom stereocenters. The molecule has 0 unspecified atom stereocenters. The summed E-state index contributed by atoms with van der Waals surface area (Å²) in [7, 11) is 0. The zero-order chi connectivity index (χ0) is 8.39. The standard InChI is InChI=1S/C8H11N3O/c12-4-3-8-6-11(10-9-8)5-7-1-2-7/h4,6-7H,1-3,5H2. The highest BCUT2D eigenvalue weighted by atomic mass is 16.1. The molecule has 1 aliphatic rings. The average Bonchev–Trinajstić information content (AvgIpc) is 2.74. The molecular formula is C8H11N3O. The molecule has 1 aromatic heterocycles. The fourth-order valence-electron chi connectivity index (χ4n) is 1.17. The van der Waals surface area contributed by atoms with E-state index in [1.165, 1.54) is 12.8 Å². The summed E-state index contributed by atoms with van der Waals surface area (Å²) < 4.78 is 1.83. The Balaban J connectivity index is 1.97. The molecule has 4 nitrogen and oxygen atoms in total. The van der Waals surface area contributed by atoms with Crippen LogP contribution in [0.4, 0.5) is 0 Å². The summed E-state index contributed by atoms with van der Waals surface area (Å²) in [5.74, 6) is 0.802. The first-order chi connectivity index (χ1) is 5.88. The van der Waals surface area contributed by atoms with Crippen molar-refractivity contribution >= 4 is 6.29 Å². The van der Waals surface area contributed by atoms with E-state index in [0.29, 0.717) is 6.42 Å². The molecule has 0 radical (unpaired) electrons. The van der Waals surface area contributed by atoms with Gasteiger partial charge in [0.25, 0.3) is 0 Å². The van der Waals surface area contributed by atoms with E-state index < -0.39 is 0 Å². The molecule has 1 heterocycles. The smallest absolute Gasteiger partial charge is 0.126 e. The molecule has 64 valence electrons. The minimum absolute atomic E-state index is 0.380. The van der Waals surface area contributed by atoms with Crippen LogP contribution in [0.5, 0.6) is 0 Å². The van der Waals surface area contributed by atoms with Gasteiger partial charge in [-0.3, -0.25) is 4.68 Å². The van der Waals surface area contributed by atoms with Gasteiger partial charge < -0.3 is 4.79 Å². The normalized spacial score (nSPS) is 16.3. The molecule has 1 aliphatic carbocycles. The summed E-state index contributed by atoms with van der Waals surface area (Å²) in [5, 5.41) is 7.79. The largest absolute Gasteiger partial charge is 0.303 e. The van der Waals surface area contributed by atoms with Crippen LogP contribution in [0.15, 0.2) is 6.20 Å². The summed E-state index contributed by atoms with van der Waals surface area (Å²) in [6, 6.07) is 0. The maximum Gasteiger partial charge on any atom is 0.126 e. The molecule has 0 saturated heterocycles. The molecule has 0 spiro atoms. The quantitative estimate of drug-likeness (QED) is 0.608. The molecule has 0 aromatic carbocycles. The fraction of sp³-hybridized carbons (Fsp3) is 0.625. The first kappa shape index (κ1) is 7.46. The van der Waals surface area contributed by atoms with Gasteiger partial charge in [0.2, 0.25) is 0 Å². The van der Waals surface area contributed by atoms with Crippen LogP contribution in [0.1, 0.15) is 18.5 Å². The Labute approximate surface area is 70.6 Å². The van der Waals surface area contributed by atoms with Crippen LogP contribution in [0.3, 0.4) is 0 Å². The molecule has 1 fully saturated rings. The zero-order valence-electron chi connectivity index (χ0n) is 6.81. The minimum Gasteiger partial charge on any atom is -0.303 e. The van der Waals surface area contributed by atoms with E-state index >= 15 is 0 Å². The second-order valence-corrected chi connectivity index (χ2v) is 3.25. The van der Waals surface area contributed by atoms with E-state index in [1.807, 2.05) is 10.9 Å². The Hall–Kier alpha value is -1.19. The third-order valence-corrected chi connectivity index (χ3v) is 2.02. The van der Waals surface area contributed by atoms with Crippen LogP contribution >= 0.6 is 0 Å². The maximum absolute atomic E-state index is 10.1. The number of carbonyl (C=O) groups is 1. The Morgan fingerprint density at radius 2 is 2.50 bits per heavy atom. The molecule has 0 aliphatic heterocycles. The third kappa shape index (κ3) is 1.69. The summed E-state index contributed by atoms with van der Waals surface area (Å²) >= 11 is 0. The molecular weight excluding hydrogens is 154 g/mol. The third-order valence-electron chi connectivity index (χ3n) is 2.02. The number of hydrogen-bond donors (Lipinski definition) is 0.